The van der Waals surface area contributed by atoms with Crippen molar-refractivity contribution < 1.29 is 9.90 Å². The number of hydrogen-bond acceptors (Lipinski definition) is 3. The van der Waals surface area contributed by atoms with E-state index in [9.17, 15) is 4.79 Å². The molecule has 2 aromatic heterocycles. The Morgan fingerprint density at radius 2 is 2.21 bits per heavy atom. The van der Waals surface area contributed by atoms with E-state index in [-0.39, 0.29) is 5.56 Å². The molecule has 0 amide bonds. The van der Waals surface area contributed by atoms with Gasteiger partial charge in [0.25, 0.3) is 0 Å². The molecule has 6 heteroatoms. The van der Waals surface area contributed by atoms with E-state index < -0.39 is 5.97 Å². The van der Waals surface area contributed by atoms with Gasteiger partial charge >= 0.3 is 5.97 Å². The Morgan fingerprint density at radius 1 is 1.32 bits per heavy atom. The van der Waals surface area contributed by atoms with Gasteiger partial charge in [-0.15, -0.1) is 0 Å². The van der Waals surface area contributed by atoms with E-state index in [1.165, 1.54) is 0 Å². The van der Waals surface area contributed by atoms with Crippen LogP contribution in [0, 0.1) is 0 Å². The minimum absolute atomic E-state index is 0.254. The Kier molecular flexibility index (Phi) is 2.75. The summed E-state index contributed by atoms with van der Waals surface area (Å²) in [7, 11) is 0. The number of imidazole rings is 1. The number of nitrogens with zero attached hydrogens (tertiary/aromatic N) is 4. The maximum Gasteiger partial charge on any atom is 0.335 e. The molecule has 0 spiro atoms. The number of benzene rings is 1. The maximum absolute atomic E-state index is 10.9. The van der Waals surface area contributed by atoms with Gasteiger partial charge in [-0.3, -0.25) is 4.68 Å². The first-order valence-electron chi connectivity index (χ1n) is 5.89. The average Bonchev–Trinajstić information content (AvgIpc) is 3.05. The van der Waals surface area contributed by atoms with Crippen molar-refractivity contribution in [2.45, 2.75) is 13.1 Å². The third-order valence-corrected chi connectivity index (χ3v) is 3.00. The molecular formula is C13H12N4O2. The molecule has 1 aromatic carbocycles. The van der Waals surface area contributed by atoms with Gasteiger partial charge in [0, 0.05) is 18.9 Å². The predicted molar refractivity (Wildman–Crippen MR) is 68.9 cm³/mol. The lowest BCUT2D eigenvalue weighted by Crippen LogP contribution is -2.06. The van der Waals surface area contributed by atoms with Crippen molar-refractivity contribution in [3.05, 3.63) is 48.5 Å². The fraction of sp³-hybridized carbons (Fsp3) is 0.154. The van der Waals surface area contributed by atoms with Gasteiger partial charge in [0.1, 0.15) is 0 Å². The summed E-state index contributed by atoms with van der Waals surface area (Å²) in [6.07, 6.45) is 5.37. The van der Waals surface area contributed by atoms with E-state index >= 15 is 0 Å². The van der Waals surface area contributed by atoms with Gasteiger partial charge in [-0.1, -0.05) is 0 Å². The number of aryl methyl sites for hydroxylation is 2. The third-order valence-electron chi connectivity index (χ3n) is 3.00. The van der Waals surface area contributed by atoms with Crippen molar-refractivity contribution in [3.63, 3.8) is 0 Å². The van der Waals surface area contributed by atoms with Crippen LogP contribution in [0.25, 0.3) is 11.0 Å². The zero-order valence-corrected chi connectivity index (χ0v) is 10.1. The van der Waals surface area contributed by atoms with Crippen LogP contribution in [-0.2, 0) is 13.1 Å². The van der Waals surface area contributed by atoms with E-state index in [0.717, 1.165) is 18.6 Å². The first kappa shape index (κ1) is 11.5. The van der Waals surface area contributed by atoms with E-state index in [4.69, 9.17) is 5.11 Å². The molecular weight excluding hydrogens is 244 g/mol. The number of rotatable bonds is 4. The number of hydrogen-bond donors (Lipinski definition) is 1. The highest BCUT2D eigenvalue weighted by atomic mass is 16.4. The third kappa shape index (κ3) is 2.20. The SMILES string of the molecule is O=C(O)c1ccc2c(c1)ncn2CCn1cccn1. The Labute approximate surface area is 108 Å². The Morgan fingerprint density at radius 3 is 2.95 bits per heavy atom. The van der Waals surface area contributed by atoms with Gasteiger partial charge in [-0.05, 0) is 24.3 Å². The quantitative estimate of drug-likeness (QED) is 0.770. The fourth-order valence-corrected chi connectivity index (χ4v) is 2.02. The van der Waals surface area contributed by atoms with Gasteiger partial charge in [-0.2, -0.15) is 5.10 Å². The largest absolute Gasteiger partial charge is 0.478 e. The summed E-state index contributed by atoms with van der Waals surface area (Å²) in [4.78, 5) is 15.1. The minimum atomic E-state index is -0.937. The predicted octanol–water partition coefficient (Wildman–Crippen LogP) is 1.63. The zero-order valence-electron chi connectivity index (χ0n) is 10.1. The smallest absolute Gasteiger partial charge is 0.335 e. The Balaban J connectivity index is 1.86. The molecule has 0 fully saturated rings. The molecule has 0 saturated heterocycles. The molecule has 0 radical (unpaired) electrons. The van der Waals surface area contributed by atoms with Crippen molar-refractivity contribution in [2.24, 2.45) is 0 Å². The highest BCUT2D eigenvalue weighted by Gasteiger charge is 2.07. The summed E-state index contributed by atoms with van der Waals surface area (Å²) in [5.41, 5.74) is 1.88. The van der Waals surface area contributed by atoms with Gasteiger partial charge in [-0.25, -0.2) is 9.78 Å². The number of carboxylic acids is 1. The number of carbonyl (C=O) groups is 1. The number of aromatic nitrogens is 4. The molecule has 0 atom stereocenters. The second-order valence-corrected chi connectivity index (χ2v) is 4.22. The highest BCUT2D eigenvalue weighted by molar-refractivity contribution is 5.92. The monoisotopic (exact) mass is 256 g/mol. The lowest BCUT2D eigenvalue weighted by molar-refractivity contribution is 0.0697. The molecule has 0 saturated carbocycles. The minimum Gasteiger partial charge on any atom is -0.478 e. The van der Waals surface area contributed by atoms with Crippen LogP contribution in [0.3, 0.4) is 0 Å². The average molecular weight is 256 g/mol. The standard InChI is InChI=1S/C13H12N4O2/c18-13(19)10-2-3-12-11(8-10)14-9-16(12)6-7-17-5-1-4-15-17/h1-5,8-9H,6-7H2,(H,18,19). The second kappa shape index (κ2) is 4.56. The van der Waals surface area contributed by atoms with Crippen molar-refractivity contribution in [1.82, 2.24) is 19.3 Å². The lowest BCUT2D eigenvalue weighted by Gasteiger charge is -2.04. The first-order valence-corrected chi connectivity index (χ1v) is 5.89. The molecule has 19 heavy (non-hydrogen) atoms. The van der Waals surface area contributed by atoms with Crippen molar-refractivity contribution >= 4 is 17.0 Å². The van der Waals surface area contributed by atoms with Crippen molar-refractivity contribution in [2.75, 3.05) is 0 Å². The van der Waals surface area contributed by atoms with Crippen LogP contribution in [0.2, 0.25) is 0 Å². The van der Waals surface area contributed by atoms with E-state index in [1.807, 2.05) is 21.5 Å². The van der Waals surface area contributed by atoms with Crippen LogP contribution in [-0.4, -0.2) is 30.4 Å². The van der Waals surface area contributed by atoms with Gasteiger partial charge < -0.3 is 9.67 Å². The van der Waals surface area contributed by atoms with Crippen molar-refractivity contribution in [1.29, 1.82) is 0 Å². The molecule has 3 rings (SSSR count). The maximum atomic E-state index is 10.9. The second-order valence-electron chi connectivity index (χ2n) is 4.22. The Hall–Kier alpha value is -2.63. The molecule has 0 unspecified atom stereocenters. The van der Waals surface area contributed by atoms with Crippen LogP contribution in [0.1, 0.15) is 10.4 Å². The van der Waals surface area contributed by atoms with Gasteiger partial charge in [0.15, 0.2) is 0 Å². The topological polar surface area (TPSA) is 72.9 Å². The highest BCUT2D eigenvalue weighted by Crippen LogP contribution is 2.15. The summed E-state index contributed by atoms with van der Waals surface area (Å²) in [6.45, 7) is 1.49. The van der Waals surface area contributed by atoms with E-state index in [2.05, 4.69) is 10.1 Å². The summed E-state index contributed by atoms with van der Waals surface area (Å²) in [6, 6.07) is 6.85. The van der Waals surface area contributed by atoms with Gasteiger partial charge in [0.05, 0.1) is 29.5 Å². The first-order chi connectivity index (χ1) is 9.24. The van der Waals surface area contributed by atoms with E-state index in [0.29, 0.717) is 5.52 Å². The van der Waals surface area contributed by atoms with Crippen LogP contribution in [0.15, 0.2) is 43.0 Å². The van der Waals surface area contributed by atoms with E-state index in [1.54, 1.807) is 30.7 Å². The molecule has 0 aliphatic carbocycles. The normalized spacial score (nSPS) is 10.9. The molecule has 0 aliphatic rings. The van der Waals surface area contributed by atoms with Gasteiger partial charge in [0.2, 0.25) is 0 Å². The summed E-state index contributed by atoms with van der Waals surface area (Å²) in [5, 5.41) is 13.1. The van der Waals surface area contributed by atoms with Crippen LogP contribution in [0.4, 0.5) is 0 Å². The summed E-state index contributed by atoms with van der Waals surface area (Å²) >= 11 is 0. The Bertz CT molecular complexity index is 715. The number of carboxylic acid groups (broad SMARTS) is 1. The number of aromatic carboxylic acids is 1. The fourth-order valence-electron chi connectivity index (χ4n) is 2.02. The molecule has 96 valence electrons. The van der Waals surface area contributed by atoms with Crippen LogP contribution in [0.5, 0.6) is 0 Å². The summed E-state index contributed by atoms with van der Waals surface area (Å²) < 4.78 is 3.83. The van der Waals surface area contributed by atoms with Crippen molar-refractivity contribution in [3.8, 4) is 0 Å². The molecule has 0 aliphatic heterocycles. The molecule has 1 N–H and O–H groups in total. The molecule has 6 nitrogen and oxygen atoms in total. The van der Waals surface area contributed by atoms with Crippen LogP contribution < -0.4 is 0 Å². The lowest BCUT2D eigenvalue weighted by atomic mass is 10.2. The molecule has 3 aromatic rings. The number of fused-ring (bicyclic) bond motifs is 1. The molecule has 0 bridgehead atoms. The zero-order chi connectivity index (χ0) is 13.2. The molecule has 2 heterocycles. The summed E-state index contributed by atoms with van der Waals surface area (Å²) in [5.74, 6) is -0.937. The van der Waals surface area contributed by atoms with Crippen LogP contribution >= 0.6 is 0 Å².